The summed E-state index contributed by atoms with van der Waals surface area (Å²) in [5, 5.41) is -0.349. The lowest BCUT2D eigenvalue weighted by Gasteiger charge is -2.33. The van der Waals surface area contributed by atoms with Gasteiger partial charge in [0, 0.05) is 0 Å². The van der Waals surface area contributed by atoms with E-state index >= 15 is 0 Å². The summed E-state index contributed by atoms with van der Waals surface area (Å²) < 4.78 is 30.8. The Bertz CT molecular complexity index is 1720. The van der Waals surface area contributed by atoms with Crippen LogP contribution < -0.4 is 14.0 Å². The normalized spacial score (nSPS) is 13.9. The molecule has 1 aliphatic heterocycles. The predicted octanol–water partition coefficient (Wildman–Crippen LogP) is 6.65. The van der Waals surface area contributed by atoms with Crippen molar-refractivity contribution in [3.8, 4) is 5.75 Å². The number of anilines is 2. The van der Waals surface area contributed by atoms with Crippen LogP contribution in [0.1, 0.15) is 11.1 Å². The number of carbonyl (C=O) groups excluding carboxylic acids is 3. The SMILES string of the molecule is Cc1ccc(S(=O)(=O)Oc2c(Cl)cc(C=C3C(=O)N(c4ccccc4)C(=O)N(c4ccccc4)C3=O)cc2Cl)cc1. The number of benzene rings is 4. The highest BCUT2D eigenvalue weighted by Gasteiger charge is 2.43. The van der Waals surface area contributed by atoms with E-state index in [-0.39, 0.29) is 43.2 Å². The number of amides is 4. The Balaban J connectivity index is 1.55. The standard InChI is InChI=1S/C30H20Cl2N2O6S/c1-19-12-14-23(15-13-19)41(38,39)40-27-25(31)17-20(18-26(27)32)16-24-28(35)33(21-8-4-2-5-9-21)30(37)34(29(24)36)22-10-6-3-7-11-22/h2-18H,1H3. The van der Waals surface area contributed by atoms with Gasteiger partial charge < -0.3 is 4.18 Å². The molecule has 0 unspecified atom stereocenters. The first-order valence-electron chi connectivity index (χ1n) is 12.1. The highest BCUT2D eigenvalue weighted by atomic mass is 35.5. The minimum absolute atomic E-state index is 0.0912. The Labute approximate surface area is 246 Å². The van der Waals surface area contributed by atoms with Gasteiger partial charge in [-0.3, -0.25) is 9.59 Å². The zero-order valence-corrected chi connectivity index (χ0v) is 23.7. The van der Waals surface area contributed by atoms with E-state index in [1.165, 1.54) is 30.3 Å². The average molecular weight is 607 g/mol. The number of nitrogens with zero attached hydrogens (tertiary/aromatic N) is 2. The van der Waals surface area contributed by atoms with Crippen molar-refractivity contribution >= 4 is 68.6 Å². The number of hydrogen-bond donors (Lipinski definition) is 0. The summed E-state index contributed by atoms with van der Waals surface area (Å²) in [6.07, 6.45) is 1.24. The lowest BCUT2D eigenvalue weighted by atomic mass is 10.0. The van der Waals surface area contributed by atoms with Gasteiger partial charge in [0.2, 0.25) is 0 Å². The number of para-hydroxylation sites is 2. The maximum absolute atomic E-state index is 13.6. The molecule has 0 spiro atoms. The van der Waals surface area contributed by atoms with Crippen LogP contribution in [0.4, 0.5) is 16.2 Å². The Morgan fingerprint density at radius 3 is 1.63 bits per heavy atom. The number of imide groups is 2. The molecule has 11 heteroatoms. The molecule has 206 valence electrons. The van der Waals surface area contributed by atoms with Gasteiger partial charge in [0.25, 0.3) is 11.8 Å². The minimum Gasteiger partial charge on any atom is -0.376 e. The first-order chi connectivity index (χ1) is 19.6. The highest BCUT2D eigenvalue weighted by molar-refractivity contribution is 7.87. The van der Waals surface area contributed by atoms with Gasteiger partial charge in [-0.05, 0) is 67.1 Å². The monoisotopic (exact) mass is 606 g/mol. The predicted molar refractivity (Wildman–Crippen MR) is 157 cm³/mol. The summed E-state index contributed by atoms with van der Waals surface area (Å²) >= 11 is 12.7. The molecule has 0 radical (unpaired) electrons. The molecule has 0 aliphatic carbocycles. The second kappa shape index (κ2) is 11.2. The smallest absolute Gasteiger partial charge is 0.343 e. The first kappa shape index (κ1) is 28.1. The number of rotatable bonds is 6. The topological polar surface area (TPSA) is 101 Å². The van der Waals surface area contributed by atoms with Gasteiger partial charge in [-0.1, -0.05) is 77.3 Å². The highest BCUT2D eigenvalue weighted by Crippen LogP contribution is 2.37. The number of urea groups is 1. The molecule has 5 rings (SSSR count). The molecule has 4 aromatic rings. The summed E-state index contributed by atoms with van der Waals surface area (Å²) in [6.45, 7) is 1.81. The van der Waals surface area contributed by atoms with Crippen molar-refractivity contribution in [3.63, 3.8) is 0 Å². The Kier molecular flexibility index (Phi) is 7.68. The van der Waals surface area contributed by atoms with Gasteiger partial charge >= 0.3 is 16.1 Å². The molecular formula is C30H20Cl2N2O6S. The molecule has 1 aliphatic rings. The average Bonchev–Trinajstić information content (AvgIpc) is 2.94. The largest absolute Gasteiger partial charge is 0.376 e. The molecule has 4 aromatic carbocycles. The second-order valence-corrected chi connectivity index (χ2v) is 11.3. The van der Waals surface area contributed by atoms with Gasteiger partial charge in [0.1, 0.15) is 10.5 Å². The zero-order valence-electron chi connectivity index (χ0n) is 21.3. The van der Waals surface area contributed by atoms with E-state index in [9.17, 15) is 22.8 Å². The lowest BCUT2D eigenvalue weighted by molar-refractivity contribution is -0.121. The Morgan fingerprint density at radius 1 is 0.707 bits per heavy atom. The van der Waals surface area contributed by atoms with Crippen LogP contribution in [-0.4, -0.2) is 26.3 Å². The van der Waals surface area contributed by atoms with Crippen LogP contribution in [0.15, 0.2) is 108 Å². The summed E-state index contributed by atoms with van der Waals surface area (Å²) in [5.41, 5.74) is 1.26. The molecule has 0 bridgehead atoms. The molecule has 0 saturated carbocycles. The van der Waals surface area contributed by atoms with Crippen LogP contribution >= 0.6 is 23.2 Å². The Morgan fingerprint density at radius 2 is 1.17 bits per heavy atom. The number of halogens is 2. The fourth-order valence-electron chi connectivity index (χ4n) is 4.11. The molecule has 1 saturated heterocycles. The van der Waals surface area contributed by atoms with Crippen LogP contribution in [0.2, 0.25) is 10.0 Å². The van der Waals surface area contributed by atoms with Gasteiger partial charge in [0.05, 0.1) is 21.4 Å². The van der Waals surface area contributed by atoms with E-state index in [0.717, 1.165) is 15.4 Å². The van der Waals surface area contributed by atoms with E-state index in [4.69, 9.17) is 27.4 Å². The van der Waals surface area contributed by atoms with Crippen LogP contribution in [-0.2, 0) is 19.7 Å². The van der Waals surface area contributed by atoms with Gasteiger partial charge in [0.15, 0.2) is 5.75 Å². The van der Waals surface area contributed by atoms with Crippen molar-refractivity contribution in [1.29, 1.82) is 0 Å². The fraction of sp³-hybridized carbons (Fsp3) is 0.0333. The zero-order chi connectivity index (χ0) is 29.3. The molecule has 1 fully saturated rings. The summed E-state index contributed by atoms with van der Waals surface area (Å²) in [4.78, 5) is 42.2. The summed E-state index contributed by atoms with van der Waals surface area (Å²) in [5.74, 6) is -2.02. The molecule has 8 nitrogen and oxygen atoms in total. The van der Waals surface area contributed by atoms with Crippen LogP contribution in [0.25, 0.3) is 6.08 Å². The summed E-state index contributed by atoms with van der Waals surface area (Å²) in [7, 11) is -4.26. The quantitative estimate of drug-likeness (QED) is 0.138. The summed E-state index contributed by atoms with van der Waals surface area (Å²) in [6, 6.07) is 24.2. The van der Waals surface area contributed by atoms with Crippen molar-refractivity contribution < 1.29 is 27.0 Å². The molecule has 0 N–H and O–H groups in total. The fourth-order valence-corrected chi connectivity index (χ4v) is 5.75. The third-order valence-corrected chi connectivity index (χ3v) is 7.91. The second-order valence-electron chi connectivity index (χ2n) is 8.96. The molecular weight excluding hydrogens is 587 g/mol. The maximum atomic E-state index is 13.6. The molecule has 1 heterocycles. The van der Waals surface area contributed by atoms with E-state index < -0.39 is 28.0 Å². The van der Waals surface area contributed by atoms with Gasteiger partial charge in [-0.2, -0.15) is 8.42 Å². The van der Waals surface area contributed by atoms with Crippen molar-refractivity contribution in [2.24, 2.45) is 0 Å². The van der Waals surface area contributed by atoms with E-state index in [1.807, 2.05) is 6.92 Å². The third kappa shape index (κ3) is 5.60. The van der Waals surface area contributed by atoms with Crippen molar-refractivity contribution in [1.82, 2.24) is 0 Å². The van der Waals surface area contributed by atoms with Crippen molar-refractivity contribution in [2.45, 2.75) is 11.8 Å². The van der Waals surface area contributed by atoms with E-state index in [2.05, 4.69) is 0 Å². The van der Waals surface area contributed by atoms with Crippen LogP contribution in [0.5, 0.6) is 5.75 Å². The lowest BCUT2D eigenvalue weighted by Crippen LogP contribution is -2.57. The number of carbonyl (C=O) groups is 3. The maximum Gasteiger partial charge on any atom is 0.343 e. The number of barbiturate groups is 1. The molecule has 0 atom stereocenters. The minimum atomic E-state index is -4.26. The van der Waals surface area contributed by atoms with Crippen molar-refractivity contribution in [3.05, 3.63) is 124 Å². The van der Waals surface area contributed by atoms with E-state index in [1.54, 1.807) is 72.8 Å². The first-order valence-corrected chi connectivity index (χ1v) is 14.3. The van der Waals surface area contributed by atoms with Crippen LogP contribution in [0, 0.1) is 6.92 Å². The number of aryl methyl sites for hydroxylation is 1. The molecule has 41 heavy (non-hydrogen) atoms. The van der Waals surface area contributed by atoms with Gasteiger partial charge in [-0.15, -0.1) is 0 Å². The Hall–Kier alpha value is -4.44. The molecule has 4 amide bonds. The van der Waals surface area contributed by atoms with E-state index in [0.29, 0.717) is 0 Å². The third-order valence-electron chi connectivity index (χ3n) is 6.11. The van der Waals surface area contributed by atoms with Crippen LogP contribution in [0.3, 0.4) is 0 Å². The molecule has 0 aromatic heterocycles. The van der Waals surface area contributed by atoms with Gasteiger partial charge in [-0.25, -0.2) is 14.6 Å². The van der Waals surface area contributed by atoms with Crippen molar-refractivity contribution in [2.75, 3.05) is 9.80 Å². The number of hydrogen-bond acceptors (Lipinski definition) is 6.